The Morgan fingerprint density at radius 2 is 1.67 bits per heavy atom. The van der Waals surface area contributed by atoms with Crippen molar-refractivity contribution < 1.29 is 31.2 Å². The van der Waals surface area contributed by atoms with Gasteiger partial charge in [-0.25, -0.2) is 8.42 Å². The molecule has 1 N–H and O–H groups in total. The van der Waals surface area contributed by atoms with E-state index in [0.29, 0.717) is 33.9 Å². The standard InChI is InChI=1S/C29H30Cl2F3N3O4S/c1-3-4-15-35-28(39)20(2)36(18-21-9-8-10-22(30)16-21)27(38)19-37(42(40,41)24-11-6-5-7-12-24)23-13-14-26(31)25(17-23)29(32,33)34/h5-14,16-17,20H,3-4,15,18-19H2,1-2H3,(H,35,39). The molecule has 0 heterocycles. The first-order valence-corrected chi connectivity index (χ1v) is 15.2. The first kappa shape index (κ1) is 33.2. The molecule has 7 nitrogen and oxygen atoms in total. The van der Waals surface area contributed by atoms with E-state index in [1.54, 1.807) is 30.3 Å². The lowest BCUT2D eigenvalue weighted by molar-refractivity contribution is -0.139. The summed E-state index contributed by atoms with van der Waals surface area (Å²) in [5.41, 5.74) is -1.12. The van der Waals surface area contributed by atoms with E-state index in [2.05, 4.69) is 5.32 Å². The quantitative estimate of drug-likeness (QED) is 0.227. The zero-order valence-electron chi connectivity index (χ0n) is 22.9. The highest BCUT2D eigenvalue weighted by atomic mass is 35.5. The fourth-order valence-corrected chi connectivity index (χ4v) is 5.95. The zero-order valence-corrected chi connectivity index (χ0v) is 25.2. The van der Waals surface area contributed by atoms with Crippen LogP contribution in [-0.2, 0) is 32.3 Å². The highest BCUT2D eigenvalue weighted by Crippen LogP contribution is 2.38. The molecule has 0 spiro atoms. The number of nitrogens with zero attached hydrogens (tertiary/aromatic N) is 2. The van der Waals surface area contributed by atoms with Crippen molar-refractivity contribution >= 4 is 50.7 Å². The summed E-state index contributed by atoms with van der Waals surface area (Å²) in [5, 5.41) is 2.51. The number of alkyl halides is 3. The number of amides is 2. The Hall–Kier alpha value is -3.28. The normalized spacial score (nSPS) is 12.5. The van der Waals surface area contributed by atoms with Crippen LogP contribution >= 0.6 is 23.2 Å². The number of rotatable bonds is 12. The van der Waals surface area contributed by atoms with Crippen LogP contribution in [0.5, 0.6) is 0 Å². The Morgan fingerprint density at radius 3 is 2.29 bits per heavy atom. The molecule has 226 valence electrons. The van der Waals surface area contributed by atoms with E-state index >= 15 is 0 Å². The molecule has 42 heavy (non-hydrogen) atoms. The average molecular weight is 645 g/mol. The summed E-state index contributed by atoms with van der Waals surface area (Å²) in [6, 6.07) is 15.1. The number of hydrogen-bond acceptors (Lipinski definition) is 4. The number of hydrogen-bond donors (Lipinski definition) is 1. The van der Waals surface area contributed by atoms with Crippen LogP contribution in [0.15, 0.2) is 77.7 Å². The predicted molar refractivity (Wildman–Crippen MR) is 157 cm³/mol. The molecule has 0 radical (unpaired) electrons. The first-order valence-electron chi connectivity index (χ1n) is 13.0. The molecule has 0 saturated heterocycles. The van der Waals surface area contributed by atoms with Crippen molar-refractivity contribution in [2.45, 2.75) is 50.3 Å². The fourth-order valence-electron chi connectivity index (χ4n) is 4.08. The molecular formula is C29H30Cl2F3N3O4S. The van der Waals surface area contributed by atoms with Crippen LogP contribution in [0, 0.1) is 0 Å². The number of nitrogens with one attached hydrogen (secondary N) is 1. The lowest BCUT2D eigenvalue weighted by Gasteiger charge is -2.32. The predicted octanol–water partition coefficient (Wildman–Crippen LogP) is 6.54. The second-order valence-corrected chi connectivity index (χ2v) is 12.2. The first-order chi connectivity index (χ1) is 19.8. The third-order valence-electron chi connectivity index (χ3n) is 6.39. The highest BCUT2D eigenvalue weighted by Gasteiger charge is 2.37. The van der Waals surface area contributed by atoms with Gasteiger partial charge in [0, 0.05) is 18.1 Å². The summed E-state index contributed by atoms with van der Waals surface area (Å²) in [4.78, 5) is 27.8. The van der Waals surface area contributed by atoms with Gasteiger partial charge in [0.05, 0.1) is 21.2 Å². The summed E-state index contributed by atoms with van der Waals surface area (Å²) in [6.07, 6.45) is -3.35. The van der Waals surface area contributed by atoms with Gasteiger partial charge in [-0.2, -0.15) is 13.2 Å². The Kier molecular flexibility index (Phi) is 11.3. The van der Waals surface area contributed by atoms with Gasteiger partial charge < -0.3 is 10.2 Å². The van der Waals surface area contributed by atoms with E-state index in [-0.39, 0.29) is 11.4 Å². The van der Waals surface area contributed by atoms with Crippen LogP contribution in [0.2, 0.25) is 10.0 Å². The van der Waals surface area contributed by atoms with Gasteiger partial charge in [0.15, 0.2) is 0 Å². The molecule has 0 bridgehead atoms. The molecule has 3 aromatic carbocycles. The molecule has 2 amide bonds. The minimum Gasteiger partial charge on any atom is -0.354 e. The van der Waals surface area contributed by atoms with Gasteiger partial charge in [-0.05, 0) is 61.4 Å². The van der Waals surface area contributed by atoms with Crippen molar-refractivity contribution in [2.75, 3.05) is 17.4 Å². The molecule has 0 aliphatic rings. The Bertz CT molecular complexity index is 1510. The topological polar surface area (TPSA) is 86.8 Å². The van der Waals surface area contributed by atoms with E-state index in [0.717, 1.165) is 18.6 Å². The number of benzene rings is 3. The van der Waals surface area contributed by atoms with E-state index in [1.807, 2.05) is 6.92 Å². The lowest BCUT2D eigenvalue weighted by Crippen LogP contribution is -2.51. The molecule has 0 aliphatic heterocycles. The van der Waals surface area contributed by atoms with Gasteiger partial charge in [-0.1, -0.05) is 66.9 Å². The average Bonchev–Trinajstić information content (AvgIpc) is 2.94. The van der Waals surface area contributed by atoms with E-state index in [1.165, 1.54) is 36.1 Å². The van der Waals surface area contributed by atoms with Gasteiger partial charge in [0.2, 0.25) is 11.8 Å². The molecular weight excluding hydrogens is 614 g/mol. The van der Waals surface area contributed by atoms with Gasteiger partial charge >= 0.3 is 6.18 Å². The fraction of sp³-hybridized carbons (Fsp3) is 0.310. The maximum atomic E-state index is 13.9. The van der Waals surface area contributed by atoms with Crippen LogP contribution in [0.25, 0.3) is 0 Å². The third-order valence-corrected chi connectivity index (χ3v) is 8.74. The van der Waals surface area contributed by atoms with Gasteiger partial charge in [-0.3, -0.25) is 13.9 Å². The van der Waals surface area contributed by atoms with E-state index in [9.17, 15) is 31.2 Å². The van der Waals surface area contributed by atoms with Crippen LogP contribution in [-0.4, -0.2) is 44.3 Å². The maximum Gasteiger partial charge on any atom is 0.417 e. The number of carbonyl (C=O) groups is 2. The van der Waals surface area contributed by atoms with Gasteiger partial charge in [-0.15, -0.1) is 0 Å². The van der Waals surface area contributed by atoms with Crippen LogP contribution in [0.1, 0.15) is 37.8 Å². The van der Waals surface area contributed by atoms with Crippen molar-refractivity contribution in [1.29, 1.82) is 0 Å². The van der Waals surface area contributed by atoms with Crippen LogP contribution < -0.4 is 9.62 Å². The number of sulfonamides is 1. The SMILES string of the molecule is CCCCNC(=O)C(C)N(Cc1cccc(Cl)c1)C(=O)CN(c1ccc(Cl)c(C(F)(F)F)c1)S(=O)(=O)c1ccccc1. The minimum absolute atomic E-state index is 0.116. The summed E-state index contributed by atoms with van der Waals surface area (Å²) >= 11 is 11.9. The highest BCUT2D eigenvalue weighted by molar-refractivity contribution is 7.92. The van der Waals surface area contributed by atoms with Crippen molar-refractivity contribution in [2.24, 2.45) is 0 Å². The van der Waals surface area contributed by atoms with Crippen molar-refractivity contribution in [3.8, 4) is 0 Å². The summed E-state index contributed by atoms with van der Waals surface area (Å²) in [5.74, 6) is -1.29. The minimum atomic E-state index is -4.89. The van der Waals surface area contributed by atoms with Crippen molar-refractivity contribution in [3.05, 3.63) is 94.0 Å². The molecule has 0 aromatic heterocycles. The van der Waals surface area contributed by atoms with E-state index in [4.69, 9.17) is 23.2 Å². The molecule has 0 fully saturated rings. The Labute approximate surface area is 253 Å². The van der Waals surface area contributed by atoms with Gasteiger partial charge in [0.25, 0.3) is 10.0 Å². The Balaban J connectivity index is 2.08. The Morgan fingerprint density at radius 1 is 0.976 bits per heavy atom. The molecule has 1 atom stereocenters. The number of unbranched alkanes of at least 4 members (excludes halogenated alkanes) is 1. The molecule has 3 aromatic rings. The molecule has 3 rings (SSSR count). The summed E-state index contributed by atoms with van der Waals surface area (Å²) in [7, 11) is -4.55. The molecule has 0 aliphatic carbocycles. The van der Waals surface area contributed by atoms with Crippen LogP contribution in [0.3, 0.4) is 0 Å². The second kappa shape index (κ2) is 14.3. The van der Waals surface area contributed by atoms with Crippen molar-refractivity contribution in [3.63, 3.8) is 0 Å². The maximum absolute atomic E-state index is 13.9. The monoisotopic (exact) mass is 643 g/mol. The van der Waals surface area contributed by atoms with Crippen molar-refractivity contribution in [1.82, 2.24) is 10.2 Å². The number of carbonyl (C=O) groups excluding carboxylic acids is 2. The van der Waals surface area contributed by atoms with Gasteiger partial charge in [0.1, 0.15) is 12.6 Å². The second-order valence-electron chi connectivity index (χ2n) is 9.46. The summed E-state index contributed by atoms with van der Waals surface area (Å²) < 4.78 is 69.3. The smallest absolute Gasteiger partial charge is 0.354 e. The number of anilines is 1. The van der Waals surface area contributed by atoms with E-state index < -0.39 is 56.9 Å². The largest absolute Gasteiger partial charge is 0.417 e. The van der Waals surface area contributed by atoms with Crippen LogP contribution in [0.4, 0.5) is 18.9 Å². The number of halogens is 5. The molecule has 0 saturated carbocycles. The third kappa shape index (κ3) is 8.39. The molecule has 13 heteroatoms. The zero-order chi connectivity index (χ0) is 31.1. The molecule has 1 unspecified atom stereocenters. The lowest BCUT2D eigenvalue weighted by atomic mass is 10.1. The summed E-state index contributed by atoms with van der Waals surface area (Å²) in [6.45, 7) is 2.80.